The van der Waals surface area contributed by atoms with Crippen molar-refractivity contribution in [3.05, 3.63) is 0 Å². The lowest BCUT2D eigenvalue weighted by atomic mass is 10.0. The third kappa shape index (κ3) is 3.69. The van der Waals surface area contributed by atoms with E-state index in [1.54, 1.807) is 0 Å². The number of hydrogen-bond acceptors (Lipinski definition) is 3. The highest BCUT2D eigenvalue weighted by molar-refractivity contribution is 5.76. The van der Waals surface area contributed by atoms with Gasteiger partial charge in [0.25, 0.3) is 0 Å². The summed E-state index contributed by atoms with van der Waals surface area (Å²) in [6, 6.07) is 1.25. The van der Waals surface area contributed by atoms with Gasteiger partial charge in [0.1, 0.15) is 0 Å². The summed E-state index contributed by atoms with van der Waals surface area (Å²) in [6.07, 6.45) is 6.51. The molecular weight excluding hydrogens is 226 g/mol. The maximum absolute atomic E-state index is 12.1. The van der Waals surface area contributed by atoms with Crippen LogP contribution in [0.1, 0.15) is 38.5 Å². The molecule has 2 fully saturated rings. The Kier molecular flexibility index (Phi) is 5.01. The molecule has 1 atom stereocenters. The van der Waals surface area contributed by atoms with Crippen molar-refractivity contribution in [2.75, 3.05) is 33.7 Å². The number of nitrogens with one attached hydrogen (secondary N) is 1. The standard InChI is InChI=1S/C14H27N3O/c1-16(2)13-7-10-17(11-8-13)14(18)6-5-12-4-3-9-15-12/h12-13,15H,3-11H2,1-2H3. The molecule has 0 radical (unpaired) electrons. The van der Waals surface area contributed by atoms with E-state index in [-0.39, 0.29) is 0 Å². The molecule has 0 aliphatic carbocycles. The number of amides is 1. The zero-order valence-electron chi connectivity index (χ0n) is 11.8. The predicted octanol–water partition coefficient (Wildman–Crippen LogP) is 1.07. The van der Waals surface area contributed by atoms with E-state index in [0.717, 1.165) is 45.3 Å². The number of nitrogens with zero attached hydrogens (tertiary/aromatic N) is 2. The fourth-order valence-corrected chi connectivity index (χ4v) is 3.09. The van der Waals surface area contributed by atoms with Gasteiger partial charge in [-0.3, -0.25) is 4.79 Å². The monoisotopic (exact) mass is 253 g/mol. The van der Waals surface area contributed by atoms with Crippen LogP contribution in [0.25, 0.3) is 0 Å². The van der Waals surface area contributed by atoms with Crippen LogP contribution in [0, 0.1) is 0 Å². The molecule has 4 heteroatoms. The summed E-state index contributed by atoms with van der Waals surface area (Å²) in [6.45, 7) is 3.02. The van der Waals surface area contributed by atoms with Crippen molar-refractivity contribution in [1.82, 2.24) is 15.1 Å². The largest absolute Gasteiger partial charge is 0.343 e. The van der Waals surface area contributed by atoms with Gasteiger partial charge in [0.15, 0.2) is 0 Å². The molecule has 18 heavy (non-hydrogen) atoms. The maximum Gasteiger partial charge on any atom is 0.222 e. The molecule has 0 bridgehead atoms. The highest BCUT2D eigenvalue weighted by Gasteiger charge is 2.24. The summed E-state index contributed by atoms with van der Waals surface area (Å²) in [5.74, 6) is 0.362. The van der Waals surface area contributed by atoms with Gasteiger partial charge in [0.2, 0.25) is 5.91 Å². The molecule has 0 spiro atoms. The third-order valence-corrected chi connectivity index (χ3v) is 4.42. The Bertz CT molecular complexity index is 266. The number of piperidine rings is 1. The first-order valence-corrected chi connectivity index (χ1v) is 7.34. The van der Waals surface area contributed by atoms with Crippen LogP contribution in [0.15, 0.2) is 0 Å². The summed E-state index contributed by atoms with van der Waals surface area (Å²) < 4.78 is 0. The fourth-order valence-electron chi connectivity index (χ4n) is 3.09. The molecule has 2 aliphatic rings. The smallest absolute Gasteiger partial charge is 0.222 e. The lowest BCUT2D eigenvalue weighted by molar-refractivity contribution is -0.132. The number of likely N-dealkylation sites (tertiary alicyclic amines) is 1. The van der Waals surface area contributed by atoms with Crippen LogP contribution in [-0.4, -0.2) is 61.5 Å². The number of carbonyl (C=O) groups excluding carboxylic acids is 1. The molecule has 0 aromatic rings. The van der Waals surface area contributed by atoms with E-state index in [1.807, 2.05) is 0 Å². The average molecular weight is 253 g/mol. The Morgan fingerprint density at radius 1 is 1.28 bits per heavy atom. The molecule has 0 aromatic heterocycles. The molecule has 2 heterocycles. The normalized spacial score (nSPS) is 25.9. The lowest BCUT2D eigenvalue weighted by Crippen LogP contribution is -2.44. The number of carbonyl (C=O) groups is 1. The van der Waals surface area contributed by atoms with Crippen LogP contribution in [0.3, 0.4) is 0 Å². The topological polar surface area (TPSA) is 35.6 Å². The van der Waals surface area contributed by atoms with Crippen LogP contribution >= 0.6 is 0 Å². The molecule has 2 aliphatic heterocycles. The van der Waals surface area contributed by atoms with E-state index in [2.05, 4.69) is 29.2 Å². The Hall–Kier alpha value is -0.610. The quantitative estimate of drug-likeness (QED) is 0.814. The second-order valence-electron chi connectivity index (χ2n) is 5.91. The maximum atomic E-state index is 12.1. The summed E-state index contributed by atoms with van der Waals surface area (Å²) in [7, 11) is 4.27. The van der Waals surface area contributed by atoms with Crippen LogP contribution in [0.4, 0.5) is 0 Å². The van der Waals surface area contributed by atoms with E-state index < -0.39 is 0 Å². The van der Waals surface area contributed by atoms with Crippen molar-refractivity contribution in [1.29, 1.82) is 0 Å². The molecule has 1 unspecified atom stereocenters. The van der Waals surface area contributed by atoms with Gasteiger partial charge in [-0.25, -0.2) is 0 Å². The first kappa shape index (κ1) is 13.8. The van der Waals surface area contributed by atoms with Gasteiger partial charge < -0.3 is 15.1 Å². The van der Waals surface area contributed by atoms with Gasteiger partial charge in [-0.15, -0.1) is 0 Å². The van der Waals surface area contributed by atoms with Crippen LogP contribution in [0.2, 0.25) is 0 Å². The van der Waals surface area contributed by atoms with Gasteiger partial charge in [-0.1, -0.05) is 0 Å². The third-order valence-electron chi connectivity index (χ3n) is 4.42. The molecule has 0 aromatic carbocycles. The van der Waals surface area contributed by atoms with E-state index in [4.69, 9.17) is 0 Å². The van der Waals surface area contributed by atoms with Crippen molar-refractivity contribution in [2.45, 2.75) is 50.6 Å². The van der Waals surface area contributed by atoms with Crippen molar-refractivity contribution in [3.8, 4) is 0 Å². The van der Waals surface area contributed by atoms with Crippen molar-refractivity contribution in [3.63, 3.8) is 0 Å². The highest BCUT2D eigenvalue weighted by atomic mass is 16.2. The van der Waals surface area contributed by atoms with Crippen molar-refractivity contribution < 1.29 is 4.79 Å². The van der Waals surface area contributed by atoms with Crippen molar-refractivity contribution in [2.24, 2.45) is 0 Å². The van der Waals surface area contributed by atoms with Gasteiger partial charge in [-0.2, -0.15) is 0 Å². The van der Waals surface area contributed by atoms with E-state index in [9.17, 15) is 4.79 Å². The van der Waals surface area contributed by atoms with E-state index in [0.29, 0.717) is 18.0 Å². The van der Waals surface area contributed by atoms with Crippen LogP contribution in [-0.2, 0) is 4.79 Å². The zero-order chi connectivity index (χ0) is 13.0. The molecule has 2 saturated heterocycles. The Morgan fingerprint density at radius 2 is 2.00 bits per heavy atom. The highest BCUT2D eigenvalue weighted by Crippen LogP contribution is 2.17. The van der Waals surface area contributed by atoms with Gasteiger partial charge >= 0.3 is 0 Å². The van der Waals surface area contributed by atoms with Gasteiger partial charge in [-0.05, 0) is 52.7 Å². The molecule has 104 valence electrons. The summed E-state index contributed by atoms with van der Waals surface area (Å²) in [4.78, 5) is 16.5. The van der Waals surface area contributed by atoms with Crippen LogP contribution in [0.5, 0.6) is 0 Å². The second-order valence-corrected chi connectivity index (χ2v) is 5.91. The Labute approximate surface area is 111 Å². The minimum atomic E-state index is 0.362. The molecule has 1 N–H and O–H groups in total. The SMILES string of the molecule is CN(C)C1CCN(C(=O)CCC2CCCN2)CC1. The van der Waals surface area contributed by atoms with Gasteiger partial charge in [0, 0.05) is 31.6 Å². The molecular formula is C14H27N3O. The van der Waals surface area contributed by atoms with Gasteiger partial charge in [0.05, 0.1) is 0 Å². The summed E-state index contributed by atoms with van der Waals surface area (Å²) >= 11 is 0. The van der Waals surface area contributed by atoms with Crippen molar-refractivity contribution >= 4 is 5.91 Å². The van der Waals surface area contributed by atoms with E-state index >= 15 is 0 Å². The predicted molar refractivity (Wildman–Crippen MR) is 73.5 cm³/mol. The summed E-state index contributed by atoms with van der Waals surface area (Å²) in [5.41, 5.74) is 0. The Morgan fingerprint density at radius 3 is 2.56 bits per heavy atom. The second kappa shape index (κ2) is 6.53. The fraction of sp³-hybridized carbons (Fsp3) is 0.929. The first-order valence-electron chi connectivity index (χ1n) is 7.34. The Balaban J connectivity index is 1.67. The minimum absolute atomic E-state index is 0.362. The number of rotatable bonds is 4. The van der Waals surface area contributed by atoms with E-state index in [1.165, 1.54) is 12.8 Å². The minimum Gasteiger partial charge on any atom is -0.343 e. The number of hydrogen-bond donors (Lipinski definition) is 1. The van der Waals surface area contributed by atoms with Crippen LogP contribution < -0.4 is 5.32 Å². The lowest BCUT2D eigenvalue weighted by Gasteiger charge is -2.35. The molecule has 2 rings (SSSR count). The molecule has 4 nitrogen and oxygen atoms in total. The zero-order valence-corrected chi connectivity index (χ0v) is 11.8. The summed E-state index contributed by atoms with van der Waals surface area (Å²) in [5, 5.41) is 3.46. The molecule has 1 amide bonds. The molecule has 0 saturated carbocycles. The first-order chi connectivity index (χ1) is 8.66. The average Bonchev–Trinajstić information content (AvgIpc) is 2.89.